The molecular weight excluding hydrogens is 354 g/mol. The molecule has 0 fully saturated rings. The van der Waals surface area contributed by atoms with Gasteiger partial charge in [-0.25, -0.2) is 0 Å². The quantitative estimate of drug-likeness (QED) is 0.683. The van der Waals surface area contributed by atoms with Crippen LogP contribution < -0.4 is 5.32 Å². The van der Waals surface area contributed by atoms with Crippen molar-refractivity contribution < 1.29 is 13.4 Å². The number of furan rings is 1. The van der Waals surface area contributed by atoms with Crippen molar-refractivity contribution in [2.45, 2.75) is 24.0 Å². The van der Waals surface area contributed by atoms with E-state index in [1.807, 2.05) is 48.7 Å². The average molecular weight is 373 g/mol. The first-order valence-electron chi connectivity index (χ1n) is 7.96. The molecule has 130 valence electrons. The lowest BCUT2D eigenvalue weighted by Gasteiger charge is -2.02. The zero-order valence-electron chi connectivity index (χ0n) is 13.9. The van der Waals surface area contributed by atoms with Gasteiger partial charge in [-0.15, -0.1) is 11.3 Å². The van der Waals surface area contributed by atoms with E-state index < -0.39 is 10.8 Å². The number of rotatable bonds is 7. The lowest BCUT2D eigenvalue weighted by molar-refractivity contribution is 0.0925. The molecule has 0 bridgehead atoms. The lowest BCUT2D eigenvalue weighted by atomic mass is 10.2. The third kappa shape index (κ3) is 4.90. The number of aryl methyl sites for hydroxylation is 1. The van der Waals surface area contributed by atoms with Crippen molar-refractivity contribution in [1.29, 1.82) is 0 Å². The predicted molar refractivity (Wildman–Crippen MR) is 100 cm³/mol. The van der Waals surface area contributed by atoms with Gasteiger partial charge in [0.25, 0.3) is 5.91 Å². The molecular formula is C19H19NO3S2. The summed E-state index contributed by atoms with van der Waals surface area (Å²) in [6.07, 6.45) is 0.800. The van der Waals surface area contributed by atoms with Crippen LogP contribution in [0.3, 0.4) is 0 Å². The summed E-state index contributed by atoms with van der Waals surface area (Å²) in [6.45, 7) is 2.55. The molecule has 4 nitrogen and oxygen atoms in total. The van der Waals surface area contributed by atoms with Crippen LogP contribution in [0.2, 0.25) is 0 Å². The van der Waals surface area contributed by atoms with Crippen LogP contribution >= 0.6 is 11.3 Å². The molecule has 0 saturated heterocycles. The fourth-order valence-corrected chi connectivity index (χ4v) is 4.05. The third-order valence-corrected chi connectivity index (χ3v) is 5.96. The standard InChI is InChI=1S/C19H19NO3S2/c1-14-4-7-17(8-5-14)25(22)13-15-6-9-18(23-15)19(21)20-11-10-16-3-2-12-24-16/h2-9,12H,10-11,13H2,1H3,(H,20,21)/t25-/m0/s1. The largest absolute Gasteiger partial charge is 0.455 e. The van der Waals surface area contributed by atoms with Gasteiger partial charge in [-0.2, -0.15) is 0 Å². The first-order valence-corrected chi connectivity index (χ1v) is 10.2. The van der Waals surface area contributed by atoms with Gasteiger partial charge in [0.1, 0.15) is 5.76 Å². The minimum atomic E-state index is -1.19. The third-order valence-electron chi connectivity index (χ3n) is 3.68. The van der Waals surface area contributed by atoms with Crippen LogP contribution in [0.15, 0.2) is 63.2 Å². The van der Waals surface area contributed by atoms with E-state index >= 15 is 0 Å². The van der Waals surface area contributed by atoms with Crippen molar-refractivity contribution in [2.24, 2.45) is 0 Å². The Hall–Kier alpha value is -2.18. The fourth-order valence-electron chi connectivity index (χ4n) is 2.32. The Kier molecular flexibility index (Phi) is 5.83. The van der Waals surface area contributed by atoms with Crippen LogP contribution in [0.4, 0.5) is 0 Å². The Morgan fingerprint density at radius 1 is 1.16 bits per heavy atom. The summed E-state index contributed by atoms with van der Waals surface area (Å²) >= 11 is 1.67. The summed E-state index contributed by atoms with van der Waals surface area (Å²) in [7, 11) is -1.19. The normalized spacial score (nSPS) is 12.0. The van der Waals surface area contributed by atoms with E-state index in [4.69, 9.17) is 4.42 Å². The van der Waals surface area contributed by atoms with Crippen molar-refractivity contribution in [1.82, 2.24) is 5.32 Å². The van der Waals surface area contributed by atoms with Crippen molar-refractivity contribution in [3.8, 4) is 0 Å². The Morgan fingerprint density at radius 3 is 2.68 bits per heavy atom. The van der Waals surface area contributed by atoms with Crippen LogP contribution in [-0.4, -0.2) is 16.7 Å². The zero-order valence-corrected chi connectivity index (χ0v) is 15.5. The van der Waals surface area contributed by atoms with Gasteiger partial charge in [-0.1, -0.05) is 23.8 Å². The molecule has 1 aromatic carbocycles. The topological polar surface area (TPSA) is 59.3 Å². The second kappa shape index (κ2) is 8.27. The van der Waals surface area contributed by atoms with Crippen LogP contribution in [-0.2, 0) is 23.0 Å². The summed E-state index contributed by atoms with van der Waals surface area (Å²) in [4.78, 5) is 14.1. The number of benzene rings is 1. The van der Waals surface area contributed by atoms with E-state index in [9.17, 15) is 9.00 Å². The van der Waals surface area contributed by atoms with Gasteiger partial charge in [0.2, 0.25) is 0 Å². The summed E-state index contributed by atoms with van der Waals surface area (Å²) in [5.41, 5.74) is 1.13. The molecule has 3 aromatic rings. The molecule has 0 radical (unpaired) electrons. The minimum absolute atomic E-state index is 0.246. The van der Waals surface area contributed by atoms with Crippen LogP contribution in [0.1, 0.15) is 26.8 Å². The van der Waals surface area contributed by atoms with Gasteiger partial charge in [-0.3, -0.25) is 9.00 Å². The number of nitrogens with one attached hydrogen (secondary N) is 1. The Labute approximate surface area is 153 Å². The van der Waals surface area contributed by atoms with Crippen LogP contribution in [0.25, 0.3) is 0 Å². The van der Waals surface area contributed by atoms with Crippen molar-refractivity contribution in [2.75, 3.05) is 6.54 Å². The maximum atomic E-state index is 12.4. The number of thiophene rings is 1. The van der Waals surface area contributed by atoms with E-state index in [1.54, 1.807) is 23.5 Å². The van der Waals surface area contributed by atoms with E-state index in [2.05, 4.69) is 5.32 Å². The molecule has 1 amide bonds. The number of carbonyl (C=O) groups excluding carboxylic acids is 1. The molecule has 2 heterocycles. The monoisotopic (exact) mass is 373 g/mol. The lowest BCUT2D eigenvalue weighted by Crippen LogP contribution is -2.25. The molecule has 25 heavy (non-hydrogen) atoms. The first-order chi connectivity index (χ1) is 12.1. The van der Waals surface area contributed by atoms with E-state index in [-0.39, 0.29) is 17.4 Å². The summed E-state index contributed by atoms with van der Waals surface area (Å²) in [5, 5.41) is 4.86. The molecule has 3 rings (SSSR count). The average Bonchev–Trinajstić information content (AvgIpc) is 3.27. The van der Waals surface area contributed by atoms with Crippen LogP contribution in [0.5, 0.6) is 0 Å². The molecule has 0 spiro atoms. The van der Waals surface area contributed by atoms with Gasteiger partial charge >= 0.3 is 0 Å². The van der Waals surface area contributed by atoms with Gasteiger partial charge < -0.3 is 9.73 Å². The van der Waals surface area contributed by atoms with Gasteiger partial charge in [0.05, 0.1) is 16.6 Å². The predicted octanol–water partition coefficient (Wildman–Crippen LogP) is 3.93. The Morgan fingerprint density at radius 2 is 1.96 bits per heavy atom. The molecule has 2 aromatic heterocycles. The van der Waals surface area contributed by atoms with E-state index in [1.165, 1.54) is 4.88 Å². The number of carbonyl (C=O) groups is 1. The van der Waals surface area contributed by atoms with Crippen molar-refractivity contribution in [3.63, 3.8) is 0 Å². The molecule has 0 aliphatic rings. The van der Waals surface area contributed by atoms with E-state index in [0.717, 1.165) is 16.9 Å². The number of hydrogen-bond donors (Lipinski definition) is 1. The molecule has 0 aliphatic heterocycles. The smallest absolute Gasteiger partial charge is 0.287 e. The highest BCUT2D eigenvalue weighted by Crippen LogP contribution is 2.16. The van der Waals surface area contributed by atoms with Gasteiger partial charge in [0.15, 0.2) is 5.76 Å². The van der Waals surface area contributed by atoms with E-state index in [0.29, 0.717) is 12.3 Å². The number of hydrogen-bond acceptors (Lipinski definition) is 4. The SMILES string of the molecule is Cc1ccc([S@@](=O)Cc2ccc(C(=O)NCCc3cccs3)o2)cc1. The first kappa shape index (κ1) is 17.6. The van der Waals surface area contributed by atoms with Crippen molar-refractivity contribution in [3.05, 3.63) is 75.9 Å². The highest BCUT2D eigenvalue weighted by atomic mass is 32.2. The molecule has 1 atom stereocenters. The molecule has 0 unspecified atom stereocenters. The molecule has 0 aliphatic carbocycles. The second-order valence-corrected chi connectivity index (χ2v) is 8.14. The maximum absolute atomic E-state index is 12.4. The minimum Gasteiger partial charge on any atom is -0.455 e. The maximum Gasteiger partial charge on any atom is 0.287 e. The van der Waals surface area contributed by atoms with Gasteiger partial charge in [-0.05, 0) is 49.1 Å². The second-order valence-electron chi connectivity index (χ2n) is 5.65. The van der Waals surface area contributed by atoms with Crippen molar-refractivity contribution >= 4 is 28.0 Å². The Bertz CT molecular complexity index is 851. The number of amides is 1. The molecule has 6 heteroatoms. The summed E-state index contributed by atoms with van der Waals surface area (Å²) < 4.78 is 17.9. The Balaban J connectivity index is 1.53. The summed E-state index contributed by atoms with van der Waals surface area (Å²) in [6, 6.07) is 14.9. The fraction of sp³-hybridized carbons (Fsp3) is 0.211. The molecule has 0 saturated carbocycles. The highest BCUT2D eigenvalue weighted by molar-refractivity contribution is 7.84. The summed E-state index contributed by atoms with van der Waals surface area (Å²) in [5.74, 6) is 0.805. The van der Waals surface area contributed by atoms with Crippen LogP contribution in [0, 0.1) is 6.92 Å². The van der Waals surface area contributed by atoms with Gasteiger partial charge in [0, 0.05) is 16.3 Å². The molecule has 1 N–H and O–H groups in total. The highest BCUT2D eigenvalue weighted by Gasteiger charge is 2.13. The zero-order chi connectivity index (χ0) is 17.6.